The van der Waals surface area contributed by atoms with Gasteiger partial charge in [0.2, 0.25) is 5.91 Å². The quantitative estimate of drug-likeness (QED) is 0.742. The Balaban J connectivity index is 1.75. The molecule has 0 fully saturated rings. The molecule has 0 unspecified atom stereocenters. The number of hydrogen-bond acceptors (Lipinski definition) is 3. The van der Waals surface area contributed by atoms with Gasteiger partial charge < -0.3 is 4.90 Å². The number of amides is 1. The monoisotopic (exact) mass is 291 g/mol. The number of rotatable bonds is 4. The Hall–Kier alpha value is -2.75. The number of pyridine rings is 2. The van der Waals surface area contributed by atoms with Crippen molar-refractivity contribution in [2.75, 3.05) is 7.05 Å². The molecule has 3 aromatic rings. The van der Waals surface area contributed by atoms with Crippen molar-refractivity contribution in [3.05, 3.63) is 72.2 Å². The van der Waals surface area contributed by atoms with Gasteiger partial charge in [0, 0.05) is 37.6 Å². The van der Waals surface area contributed by atoms with Crippen molar-refractivity contribution in [2.45, 2.75) is 13.0 Å². The number of para-hydroxylation sites is 1. The number of carbonyl (C=O) groups is 1. The standard InChI is InChI=1S/C18H17N3O/c1-21(17(22)12-14-7-10-19-11-8-14)13-16-5-2-4-15-6-3-9-20-18(15)16/h2-11H,12-13H2,1H3. The molecular weight excluding hydrogens is 274 g/mol. The van der Waals surface area contributed by atoms with Crippen LogP contribution in [0.1, 0.15) is 11.1 Å². The molecule has 4 nitrogen and oxygen atoms in total. The van der Waals surface area contributed by atoms with Crippen LogP contribution in [0.5, 0.6) is 0 Å². The molecule has 3 rings (SSSR count). The molecular formula is C18H17N3O. The van der Waals surface area contributed by atoms with E-state index in [0.717, 1.165) is 22.0 Å². The molecule has 110 valence electrons. The first-order valence-corrected chi connectivity index (χ1v) is 7.19. The summed E-state index contributed by atoms with van der Waals surface area (Å²) in [4.78, 5) is 22.5. The third-order valence-electron chi connectivity index (χ3n) is 3.65. The minimum Gasteiger partial charge on any atom is -0.341 e. The molecule has 1 amide bonds. The Morgan fingerprint density at radius 3 is 2.64 bits per heavy atom. The van der Waals surface area contributed by atoms with Crippen LogP contribution in [-0.2, 0) is 17.8 Å². The van der Waals surface area contributed by atoms with E-state index in [1.165, 1.54) is 0 Å². The second-order valence-corrected chi connectivity index (χ2v) is 5.27. The summed E-state index contributed by atoms with van der Waals surface area (Å²) in [6.45, 7) is 0.554. The van der Waals surface area contributed by atoms with Crippen LogP contribution in [0.15, 0.2) is 61.1 Å². The summed E-state index contributed by atoms with van der Waals surface area (Å²) in [5.74, 6) is 0.0825. The minimum absolute atomic E-state index is 0.0825. The minimum atomic E-state index is 0.0825. The Morgan fingerprint density at radius 1 is 1.05 bits per heavy atom. The van der Waals surface area contributed by atoms with Crippen molar-refractivity contribution >= 4 is 16.8 Å². The van der Waals surface area contributed by atoms with Crippen LogP contribution < -0.4 is 0 Å². The van der Waals surface area contributed by atoms with Gasteiger partial charge in [0.25, 0.3) is 0 Å². The summed E-state index contributed by atoms with van der Waals surface area (Å²) < 4.78 is 0. The van der Waals surface area contributed by atoms with Crippen LogP contribution in [-0.4, -0.2) is 27.8 Å². The molecule has 1 aromatic carbocycles. The van der Waals surface area contributed by atoms with Crippen molar-refractivity contribution in [2.24, 2.45) is 0 Å². The van der Waals surface area contributed by atoms with Gasteiger partial charge in [-0.3, -0.25) is 14.8 Å². The number of nitrogens with zero attached hydrogens (tertiary/aromatic N) is 3. The third-order valence-corrected chi connectivity index (χ3v) is 3.65. The molecule has 0 saturated carbocycles. The zero-order chi connectivity index (χ0) is 15.4. The number of hydrogen-bond donors (Lipinski definition) is 0. The summed E-state index contributed by atoms with van der Waals surface area (Å²) >= 11 is 0. The van der Waals surface area contributed by atoms with Crippen LogP contribution in [0.25, 0.3) is 10.9 Å². The first-order chi connectivity index (χ1) is 10.7. The van der Waals surface area contributed by atoms with E-state index in [4.69, 9.17) is 0 Å². The lowest BCUT2D eigenvalue weighted by molar-refractivity contribution is -0.129. The van der Waals surface area contributed by atoms with Crippen LogP contribution in [0.3, 0.4) is 0 Å². The van der Waals surface area contributed by atoms with Gasteiger partial charge in [0.05, 0.1) is 11.9 Å². The molecule has 0 radical (unpaired) electrons. The molecule has 0 aliphatic heterocycles. The Morgan fingerprint density at radius 2 is 1.82 bits per heavy atom. The van der Waals surface area contributed by atoms with E-state index in [-0.39, 0.29) is 5.91 Å². The molecule has 2 heterocycles. The van der Waals surface area contributed by atoms with Gasteiger partial charge in [0.15, 0.2) is 0 Å². The highest BCUT2D eigenvalue weighted by atomic mass is 16.2. The van der Waals surface area contributed by atoms with Gasteiger partial charge in [-0.15, -0.1) is 0 Å². The van der Waals surface area contributed by atoms with Crippen LogP contribution in [0.2, 0.25) is 0 Å². The Bertz CT molecular complexity index is 781. The van der Waals surface area contributed by atoms with Crippen molar-refractivity contribution in [3.8, 4) is 0 Å². The number of benzene rings is 1. The van der Waals surface area contributed by atoms with Gasteiger partial charge in [-0.25, -0.2) is 0 Å². The van der Waals surface area contributed by atoms with E-state index in [2.05, 4.69) is 9.97 Å². The average Bonchev–Trinajstić information content (AvgIpc) is 2.56. The van der Waals surface area contributed by atoms with Crippen molar-refractivity contribution in [1.82, 2.24) is 14.9 Å². The normalized spacial score (nSPS) is 10.6. The second kappa shape index (κ2) is 6.35. The Kier molecular flexibility index (Phi) is 4.10. The summed E-state index contributed by atoms with van der Waals surface area (Å²) in [5.41, 5.74) is 2.99. The van der Waals surface area contributed by atoms with Crippen LogP contribution in [0, 0.1) is 0 Å². The fraction of sp³-hybridized carbons (Fsp3) is 0.167. The van der Waals surface area contributed by atoms with E-state index >= 15 is 0 Å². The van der Waals surface area contributed by atoms with Crippen molar-refractivity contribution in [3.63, 3.8) is 0 Å². The predicted octanol–water partition coefficient (Wildman–Crippen LogP) is 2.83. The summed E-state index contributed by atoms with van der Waals surface area (Å²) in [7, 11) is 1.82. The van der Waals surface area contributed by atoms with Crippen LogP contribution in [0.4, 0.5) is 0 Å². The molecule has 0 atom stereocenters. The van der Waals surface area contributed by atoms with Crippen molar-refractivity contribution < 1.29 is 4.79 Å². The fourth-order valence-corrected chi connectivity index (χ4v) is 2.45. The maximum Gasteiger partial charge on any atom is 0.227 e. The van der Waals surface area contributed by atoms with Gasteiger partial charge in [-0.2, -0.15) is 0 Å². The summed E-state index contributed by atoms with van der Waals surface area (Å²) in [5, 5.41) is 1.09. The molecule has 2 aromatic heterocycles. The zero-order valence-electron chi connectivity index (χ0n) is 12.4. The molecule has 0 spiro atoms. The largest absolute Gasteiger partial charge is 0.341 e. The smallest absolute Gasteiger partial charge is 0.227 e. The lowest BCUT2D eigenvalue weighted by Crippen LogP contribution is -2.27. The number of likely N-dealkylation sites (N-methyl/N-ethyl adjacent to an activating group) is 1. The molecule has 0 N–H and O–H groups in total. The first-order valence-electron chi connectivity index (χ1n) is 7.19. The summed E-state index contributed by atoms with van der Waals surface area (Å²) in [6.07, 6.45) is 5.58. The predicted molar refractivity (Wildman–Crippen MR) is 86.2 cm³/mol. The third kappa shape index (κ3) is 3.11. The molecule has 0 saturated heterocycles. The first kappa shape index (κ1) is 14.2. The average molecular weight is 291 g/mol. The maximum atomic E-state index is 12.3. The molecule has 0 aliphatic carbocycles. The molecule has 0 aliphatic rings. The number of aromatic nitrogens is 2. The highest BCUT2D eigenvalue weighted by molar-refractivity contribution is 5.83. The lowest BCUT2D eigenvalue weighted by Gasteiger charge is -2.18. The van der Waals surface area contributed by atoms with E-state index in [0.29, 0.717) is 13.0 Å². The van der Waals surface area contributed by atoms with E-state index in [1.54, 1.807) is 23.5 Å². The zero-order valence-corrected chi connectivity index (χ0v) is 12.4. The SMILES string of the molecule is CN(Cc1cccc2cccnc12)C(=O)Cc1ccncc1. The van der Waals surface area contributed by atoms with Gasteiger partial charge in [-0.05, 0) is 29.3 Å². The molecule has 0 bridgehead atoms. The number of carbonyl (C=O) groups excluding carboxylic acids is 1. The van der Waals surface area contributed by atoms with Gasteiger partial charge >= 0.3 is 0 Å². The van der Waals surface area contributed by atoms with Gasteiger partial charge in [0.1, 0.15) is 0 Å². The molecule has 22 heavy (non-hydrogen) atoms. The highest BCUT2D eigenvalue weighted by Crippen LogP contribution is 2.17. The van der Waals surface area contributed by atoms with E-state index in [9.17, 15) is 4.79 Å². The second-order valence-electron chi connectivity index (χ2n) is 5.27. The van der Waals surface area contributed by atoms with E-state index < -0.39 is 0 Å². The fourth-order valence-electron chi connectivity index (χ4n) is 2.45. The van der Waals surface area contributed by atoms with Gasteiger partial charge in [-0.1, -0.05) is 24.3 Å². The maximum absolute atomic E-state index is 12.3. The topological polar surface area (TPSA) is 46.1 Å². The highest BCUT2D eigenvalue weighted by Gasteiger charge is 2.12. The Labute approximate surface area is 129 Å². The van der Waals surface area contributed by atoms with Crippen molar-refractivity contribution in [1.29, 1.82) is 0 Å². The molecule has 4 heteroatoms. The lowest BCUT2D eigenvalue weighted by atomic mass is 10.1. The van der Waals surface area contributed by atoms with Crippen LogP contribution >= 0.6 is 0 Å². The number of fused-ring (bicyclic) bond motifs is 1. The van der Waals surface area contributed by atoms with E-state index in [1.807, 2.05) is 49.5 Å². The summed E-state index contributed by atoms with van der Waals surface area (Å²) in [6, 6.07) is 13.7.